The fourth-order valence-electron chi connectivity index (χ4n) is 1.93. The number of benzene rings is 1. The van der Waals surface area contributed by atoms with Crippen molar-refractivity contribution in [2.24, 2.45) is 0 Å². The zero-order valence-corrected chi connectivity index (χ0v) is 10.4. The summed E-state index contributed by atoms with van der Waals surface area (Å²) in [6, 6.07) is 5.91. The zero-order valence-electron chi connectivity index (χ0n) is 9.62. The highest BCUT2D eigenvalue weighted by molar-refractivity contribution is 6.33. The van der Waals surface area contributed by atoms with Gasteiger partial charge in [-0.25, -0.2) is 0 Å². The van der Waals surface area contributed by atoms with Crippen molar-refractivity contribution in [3.63, 3.8) is 0 Å². The number of likely N-dealkylation sites (N-methyl/N-ethyl adjacent to an activating group) is 1. The predicted octanol–water partition coefficient (Wildman–Crippen LogP) is 1.67. The second-order valence-corrected chi connectivity index (χ2v) is 4.84. The maximum Gasteiger partial charge on any atom is 0.0638 e. The SMILES string of the molecule is CN1CCN(Cc2ccc(N)c(Cl)c2)CC1. The van der Waals surface area contributed by atoms with Crippen LogP contribution in [0, 0.1) is 0 Å². The summed E-state index contributed by atoms with van der Waals surface area (Å²) in [5, 5.41) is 0.659. The normalized spacial score (nSPS) is 18.9. The standard InChI is InChI=1S/C12H18ClN3/c1-15-4-6-16(7-5-15)9-10-2-3-12(14)11(13)8-10/h2-3,8H,4-7,9,14H2,1H3. The summed E-state index contributed by atoms with van der Waals surface area (Å²) in [6.07, 6.45) is 0. The topological polar surface area (TPSA) is 32.5 Å². The van der Waals surface area contributed by atoms with Crippen LogP contribution in [0.15, 0.2) is 18.2 Å². The van der Waals surface area contributed by atoms with Crippen molar-refractivity contribution < 1.29 is 0 Å². The Morgan fingerprint density at radius 2 is 1.94 bits per heavy atom. The van der Waals surface area contributed by atoms with E-state index in [0.29, 0.717) is 10.7 Å². The quantitative estimate of drug-likeness (QED) is 0.797. The lowest BCUT2D eigenvalue weighted by atomic mass is 10.2. The number of nitrogen functional groups attached to an aromatic ring is 1. The summed E-state index contributed by atoms with van der Waals surface area (Å²) in [4.78, 5) is 4.80. The highest BCUT2D eigenvalue weighted by Crippen LogP contribution is 2.20. The molecule has 88 valence electrons. The molecule has 1 saturated heterocycles. The van der Waals surface area contributed by atoms with Gasteiger partial charge in [-0.2, -0.15) is 0 Å². The Balaban J connectivity index is 1.96. The van der Waals surface area contributed by atoms with Crippen LogP contribution in [-0.4, -0.2) is 43.0 Å². The van der Waals surface area contributed by atoms with Gasteiger partial charge in [0.1, 0.15) is 0 Å². The number of hydrogen-bond donors (Lipinski definition) is 1. The molecule has 2 N–H and O–H groups in total. The van der Waals surface area contributed by atoms with E-state index in [4.69, 9.17) is 17.3 Å². The van der Waals surface area contributed by atoms with Crippen molar-refractivity contribution in [2.45, 2.75) is 6.54 Å². The molecular formula is C12H18ClN3. The second-order valence-electron chi connectivity index (χ2n) is 4.44. The molecule has 2 rings (SSSR count). The average Bonchev–Trinajstić information content (AvgIpc) is 2.27. The second kappa shape index (κ2) is 5.04. The third kappa shape index (κ3) is 2.88. The molecule has 0 unspecified atom stereocenters. The fraction of sp³-hybridized carbons (Fsp3) is 0.500. The van der Waals surface area contributed by atoms with E-state index >= 15 is 0 Å². The molecule has 0 bridgehead atoms. The zero-order chi connectivity index (χ0) is 11.5. The molecule has 1 fully saturated rings. The van der Waals surface area contributed by atoms with Crippen LogP contribution in [-0.2, 0) is 6.54 Å². The van der Waals surface area contributed by atoms with Crippen LogP contribution in [0.3, 0.4) is 0 Å². The van der Waals surface area contributed by atoms with Gasteiger partial charge in [0, 0.05) is 32.7 Å². The smallest absolute Gasteiger partial charge is 0.0638 e. The van der Waals surface area contributed by atoms with Crippen LogP contribution in [0.25, 0.3) is 0 Å². The molecule has 16 heavy (non-hydrogen) atoms. The van der Waals surface area contributed by atoms with Crippen molar-refractivity contribution in [1.82, 2.24) is 9.80 Å². The summed E-state index contributed by atoms with van der Waals surface area (Å²) >= 11 is 6.00. The molecule has 3 nitrogen and oxygen atoms in total. The largest absolute Gasteiger partial charge is 0.398 e. The number of rotatable bonds is 2. The first-order chi connectivity index (χ1) is 7.65. The van der Waals surface area contributed by atoms with Gasteiger partial charge >= 0.3 is 0 Å². The summed E-state index contributed by atoms with van der Waals surface area (Å²) in [5.74, 6) is 0. The summed E-state index contributed by atoms with van der Waals surface area (Å²) in [5.41, 5.74) is 7.58. The molecule has 1 aliphatic rings. The third-order valence-electron chi connectivity index (χ3n) is 3.07. The molecule has 0 amide bonds. The van der Waals surface area contributed by atoms with Crippen LogP contribution in [0.5, 0.6) is 0 Å². The molecule has 0 aromatic heterocycles. The van der Waals surface area contributed by atoms with E-state index < -0.39 is 0 Å². The lowest BCUT2D eigenvalue weighted by molar-refractivity contribution is 0.148. The molecule has 1 aliphatic heterocycles. The van der Waals surface area contributed by atoms with E-state index in [9.17, 15) is 0 Å². The molecule has 1 heterocycles. The number of nitrogens with zero attached hydrogens (tertiary/aromatic N) is 2. The van der Waals surface area contributed by atoms with Gasteiger partial charge < -0.3 is 10.6 Å². The number of nitrogens with two attached hydrogens (primary N) is 1. The van der Waals surface area contributed by atoms with Gasteiger partial charge in [0.15, 0.2) is 0 Å². The van der Waals surface area contributed by atoms with Crippen LogP contribution < -0.4 is 5.73 Å². The van der Waals surface area contributed by atoms with E-state index in [0.717, 1.165) is 32.7 Å². The number of piperazine rings is 1. The van der Waals surface area contributed by atoms with Gasteiger partial charge in [-0.3, -0.25) is 4.90 Å². The lowest BCUT2D eigenvalue weighted by Crippen LogP contribution is -2.43. The minimum atomic E-state index is 0.656. The molecule has 0 radical (unpaired) electrons. The Morgan fingerprint density at radius 1 is 1.25 bits per heavy atom. The van der Waals surface area contributed by atoms with Gasteiger partial charge in [-0.05, 0) is 24.7 Å². The molecule has 0 atom stereocenters. The van der Waals surface area contributed by atoms with E-state index in [1.807, 2.05) is 12.1 Å². The number of anilines is 1. The van der Waals surface area contributed by atoms with Crippen molar-refractivity contribution >= 4 is 17.3 Å². The van der Waals surface area contributed by atoms with Crippen molar-refractivity contribution in [1.29, 1.82) is 0 Å². The number of hydrogen-bond acceptors (Lipinski definition) is 3. The predicted molar refractivity (Wildman–Crippen MR) is 68.6 cm³/mol. The molecule has 1 aromatic carbocycles. The van der Waals surface area contributed by atoms with Crippen molar-refractivity contribution in [3.05, 3.63) is 28.8 Å². The van der Waals surface area contributed by atoms with E-state index in [1.165, 1.54) is 5.56 Å². The molecule has 0 aliphatic carbocycles. The minimum Gasteiger partial charge on any atom is -0.398 e. The maximum absolute atomic E-state index is 6.00. The van der Waals surface area contributed by atoms with Gasteiger partial charge in [0.05, 0.1) is 10.7 Å². The Hall–Kier alpha value is -0.770. The maximum atomic E-state index is 6.00. The first-order valence-electron chi connectivity index (χ1n) is 5.60. The Kier molecular flexibility index (Phi) is 3.69. The monoisotopic (exact) mass is 239 g/mol. The average molecular weight is 240 g/mol. The van der Waals surface area contributed by atoms with E-state index in [-0.39, 0.29) is 0 Å². The summed E-state index contributed by atoms with van der Waals surface area (Å²) in [6.45, 7) is 5.50. The molecule has 1 aromatic rings. The minimum absolute atomic E-state index is 0.656. The lowest BCUT2D eigenvalue weighted by Gasteiger charge is -2.32. The van der Waals surface area contributed by atoms with E-state index in [2.05, 4.69) is 22.9 Å². The number of halogens is 1. The van der Waals surface area contributed by atoms with Crippen molar-refractivity contribution in [3.8, 4) is 0 Å². The molecule has 4 heteroatoms. The van der Waals surface area contributed by atoms with Gasteiger partial charge in [-0.1, -0.05) is 17.7 Å². The van der Waals surface area contributed by atoms with Crippen molar-refractivity contribution in [2.75, 3.05) is 39.0 Å². The van der Waals surface area contributed by atoms with Crippen LogP contribution >= 0.6 is 11.6 Å². The third-order valence-corrected chi connectivity index (χ3v) is 3.39. The first kappa shape index (κ1) is 11.7. The highest BCUT2D eigenvalue weighted by atomic mass is 35.5. The fourth-order valence-corrected chi connectivity index (χ4v) is 2.14. The van der Waals surface area contributed by atoms with Crippen LogP contribution in [0.2, 0.25) is 5.02 Å². The summed E-state index contributed by atoms with van der Waals surface area (Å²) in [7, 11) is 2.16. The Bertz CT molecular complexity index is 359. The molecule has 0 saturated carbocycles. The van der Waals surface area contributed by atoms with E-state index in [1.54, 1.807) is 0 Å². The first-order valence-corrected chi connectivity index (χ1v) is 5.98. The van der Waals surface area contributed by atoms with Gasteiger partial charge in [0.25, 0.3) is 0 Å². The summed E-state index contributed by atoms with van der Waals surface area (Å²) < 4.78 is 0. The van der Waals surface area contributed by atoms with Crippen LogP contribution in [0.4, 0.5) is 5.69 Å². The molecular weight excluding hydrogens is 222 g/mol. The molecule has 0 spiro atoms. The highest BCUT2D eigenvalue weighted by Gasteiger charge is 2.13. The Morgan fingerprint density at radius 3 is 2.56 bits per heavy atom. The van der Waals surface area contributed by atoms with Gasteiger partial charge in [0.2, 0.25) is 0 Å². The van der Waals surface area contributed by atoms with Crippen LogP contribution in [0.1, 0.15) is 5.56 Å². The van der Waals surface area contributed by atoms with Gasteiger partial charge in [-0.15, -0.1) is 0 Å². The Labute approximate surface area is 102 Å².